The Hall–Kier alpha value is -3.69. The number of rotatable bonds is 6. The van der Waals surface area contributed by atoms with Crippen LogP contribution in [0.3, 0.4) is 0 Å². The molecule has 0 aliphatic rings. The fraction of sp³-hybridized carbons (Fsp3) is 0.304. The van der Waals surface area contributed by atoms with Crippen LogP contribution in [-0.4, -0.2) is 26.3 Å². The maximum absolute atomic E-state index is 13.1. The molecular formula is C23H23F3N4O3. The van der Waals surface area contributed by atoms with Crippen LogP contribution in [0.5, 0.6) is 0 Å². The molecule has 10 heteroatoms. The van der Waals surface area contributed by atoms with Crippen molar-refractivity contribution in [3.05, 3.63) is 91.8 Å². The van der Waals surface area contributed by atoms with Gasteiger partial charge in [0.15, 0.2) is 0 Å². The number of aryl methyl sites for hydroxylation is 1. The molecule has 0 saturated heterocycles. The summed E-state index contributed by atoms with van der Waals surface area (Å²) in [5.74, 6) is -0.770. The number of nitrogens with zero attached hydrogens (tertiary/aromatic N) is 3. The lowest BCUT2D eigenvalue weighted by Gasteiger charge is -2.15. The smallest absolute Gasteiger partial charge is 0.348 e. The van der Waals surface area contributed by atoms with Gasteiger partial charge in [-0.05, 0) is 50.1 Å². The predicted octanol–water partition coefficient (Wildman–Crippen LogP) is 3.30. The molecule has 0 aliphatic carbocycles. The number of hydrogen-bond acceptors (Lipinski definition) is 4. The third-order valence-corrected chi connectivity index (χ3v) is 5.14. The summed E-state index contributed by atoms with van der Waals surface area (Å²) in [6, 6.07) is 10.7. The van der Waals surface area contributed by atoms with E-state index < -0.39 is 41.1 Å². The zero-order chi connectivity index (χ0) is 24.3. The summed E-state index contributed by atoms with van der Waals surface area (Å²) < 4.78 is 41.0. The minimum Gasteiger partial charge on any atom is -0.348 e. The van der Waals surface area contributed by atoms with E-state index in [1.165, 1.54) is 12.1 Å². The first-order chi connectivity index (χ1) is 15.5. The molecule has 0 bridgehead atoms. The van der Waals surface area contributed by atoms with Gasteiger partial charge in [0.1, 0.15) is 0 Å². The number of benzene rings is 2. The number of carbonyl (C=O) groups is 1. The molecule has 0 saturated carbocycles. The Bertz CT molecular complexity index is 1280. The van der Waals surface area contributed by atoms with Crippen molar-refractivity contribution in [2.24, 2.45) is 0 Å². The maximum Gasteiger partial charge on any atom is 0.416 e. The normalized spacial score (nSPS) is 12.4. The fourth-order valence-corrected chi connectivity index (χ4v) is 3.07. The monoisotopic (exact) mass is 460 g/mol. The molecule has 0 spiro atoms. The quantitative estimate of drug-likeness (QED) is 0.612. The number of carbonyl (C=O) groups excluding carboxylic acids is 1. The molecule has 1 unspecified atom stereocenters. The minimum absolute atomic E-state index is 0.0824. The van der Waals surface area contributed by atoms with Gasteiger partial charge >= 0.3 is 11.9 Å². The van der Waals surface area contributed by atoms with Crippen molar-refractivity contribution in [2.45, 2.75) is 46.0 Å². The van der Waals surface area contributed by atoms with Crippen molar-refractivity contribution in [1.82, 2.24) is 19.7 Å². The Morgan fingerprint density at radius 3 is 2.39 bits per heavy atom. The second-order valence-electron chi connectivity index (χ2n) is 7.75. The molecule has 1 aromatic heterocycles. The lowest BCUT2D eigenvalue weighted by atomic mass is 10.1. The fourth-order valence-electron chi connectivity index (χ4n) is 3.07. The average Bonchev–Trinajstić information content (AvgIpc) is 2.77. The van der Waals surface area contributed by atoms with E-state index in [2.05, 4.69) is 10.4 Å². The van der Waals surface area contributed by atoms with Gasteiger partial charge in [0, 0.05) is 6.04 Å². The first-order valence-corrected chi connectivity index (χ1v) is 10.3. The maximum atomic E-state index is 13.1. The van der Waals surface area contributed by atoms with E-state index in [9.17, 15) is 27.6 Å². The number of amides is 1. The summed E-state index contributed by atoms with van der Waals surface area (Å²) in [4.78, 5) is 38.9. The molecule has 3 aromatic rings. The van der Waals surface area contributed by atoms with Gasteiger partial charge in [0.25, 0.3) is 11.5 Å². The third-order valence-electron chi connectivity index (χ3n) is 5.14. The van der Waals surface area contributed by atoms with Crippen LogP contribution >= 0.6 is 0 Å². The summed E-state index contributed by atoms with van der Waals surface area (Å²) >= 11 is 0. The highest BCUT2D eigenvalue weighted by molar-refractivity contribution is 5.91. The lowest BCUT2D eigenvalue weighted by molar-refractivity contribution is -0.137. The van der Waals surface area contributed by atoms with E-state index in [-0.39, 0.29) is 11.6 Å². The molecule has 1 amide bonds. The van der Waals surface area contributed by atoms with Gasteiger partial charge in [-0.15, -0.1) is 0 Å². The Kier molecular flexibility index (Phi) is 6.85. The lowest BCUT2D eigenvalue weighted by Crippen LogP contribution is -2.47. The Morgan fingerprint density at radius 2 is 1.79 bits per heavy atom. The second kappa shape index (κ2) is 9.43. The SMILES string of the molecule is CCC(C)NC(=O)c1nn(-c2ccc(C)cc2)c(=O)n(Cc2cccc(C(F)(F)F)c2)c1=O. The van der Waals surface area contributed by atoms with E-state index in [0.717, 1.165) is 22.4 Å². The van der Waals surface area contributed by atoms with Crippen LogP contribution in [0.1, 0.15) is 47.4 Å². The van der Waals surface area contributed by atoms with Crippen molar-refractivity contribution >= 4 is 5.91 Å². The van der Waals surface area contributed by atoms with Crippen molar-refractivity contribution in [3.63, 3.8) is 0 Å². The number of halogens is 3. The van der Waals surface area contributed by atoms with Crippen molar-refractivity contribution in [1.29, 1.82) is 0 Å². The molecule has 174 valence electrons. The standard InChI is InChI=1S/C23H23F3N4O3/c1-4-15(3)27-20(31)19-21(32)29(13-16-6-5-7-17(12-16)23(24,25)26)22(33)30(28-19)18-10-8-14(2)9-11-18/h5-12,15H,4,13H2,1-3H3,(H,27,31). The van der Waals surface area contributed by atoms with Crippen LogP contribution in [0.2, 0.25) is 0 Å². The summed E-state index contributed by atoms with van der Waals surface area (Å²) in [5, 5.41) is 6.63. The highest BCUT2D eigenvalue weighted by atomic mass is 19.4. The van der Waals surface area contributed by atoms with E-state index >= 15 is 0 Å². The van der Waals surface area contributed by atoms with Gasteiger partial charge in [0.2, 0.25) is 5.69 Å². The Balaban J connectivity index is 2.18. The molecule has 2 aromatic carbocycles. The van der Waals surface area contributed by atoms with Crippen LogP contribution in [0.25, 0.3) is 5.69 Å². The van der Waals surface area contributed by atoms with Gasteiger partial charge in [0.05, 0.1) is 17.8 Å². The van der Waals surface area contributed by atoms with Gasteiger partial charge < -0.3 is 5.32 Å². The van der Waals surface area contributed by atoms with E-state index in [1.54, 1.807) is 31.2 Å². The molecule has 0 aliphatic heterocycles. The predicted molar refractivity (Wildman–Crippen MR) is 117 cm³/mol. The van der Waals surface area contributed by atoms with E-state index in [0.29, 0.717) is 16.7 Å². The van der Waals surface area contributed by atoms with Gasteiger partial charge in [-0.3, -0.25) is 14.2 Å². The van der Waals surface area contributed by atoms with Crippen LogP contribution in [0.15, 0.2) is 58.1 Å². The Labute approximate surface area is 187 Å². The minimum atomic E-state index is -4.58. The van der Waals surface area contributed by atoms with Crippen LogP contribution < -0.4 is 16.6 Å². The van der Waals surface area contributed by atoms with Crippen molar-refractivity contribution in [2.75, 3.05) is 0 Å². The van der Waals surface area contributed by atoms with E-state index in [4.69, 9.17) is 0 Å². The largest absolute Gasteiger partial charge is 0.416 e. The first-order valence-electron chi connectivity index (χ1n) is 10.3. The third kappa shape index (κ3) is 5.39. The summed E-state index contributed by atoms with van der Waals surface area (Å²) in [6.07, 6.45) is -3.98. The molecular weight excluding hydrogens is 437 g/mol. The highest BCUT2D eigenvalue weighted by Gasteiger charge is 2.30. The number of hydrogen-bond donors (Lipinski definition) is 1. The number of aromatic nitrogens is 3. The molecule has 1 atom stereocenters. The van der Waals surface area contributed by atoms with Crippen LogP contribution in [0.4, 0.5) is 13.2 Å². The Morgan fingerprint density at radius 1 is 1.12 bits per heavy atom. The topological polar surface area (TPSA) is 86.0 Å². The van der Waals surface area contributed by atoms with E-state index in [1.807, 2.05) is 13.8 Å². The molecule has 1 heterocycles. The summed E-state index contributed by atoms with van der Waals surface area (Å²) in [5.41, 5.74) is -1.99. The molecule has 0 radical (unpaired) electrons. The molecule has 1 N–H and O–H groups in total. The molecule has 0 fully saturated rings. The van der Waals surface area contributed by atoms with Crippen LogP contribution in [0, 0.1) is 6.92 Å². The number of alkyl halides is 3. The average molecular weight is 460 g/mol. The second-order valence-corrected chi connectivity index (χ2v) is 7.75. The summed E-state index contributed by atoms with van der Waals surface area (Å²) in [7, 11) is 0. The van der Waals surface area contributed by atoms with Gasteiger partial charge in [-0.2, -0.15) is 23.0 Å². The van der Waals surface area contributed by atoms with Crippen molar-refractivity contribution in [3.8, 4) is 5.69 Å². The highest BCUT2D eigenvalue weighted by Crippen LogP contribution is 2.29. The number of nitrogens with one attached hydrogen (secondary N) is 1. The first kappa shape index (κ1) is 24.0. The molecule has 7 nitrogen and oxygen atoms in total. The zero-order valence-corrected chi connectivity index (χ0v) is 18.3. The zero-order valence-electron chi connectivity index (χ0n) is 18.3. The molecule has 3 rings (SSSR count). The van der Waals surface area contributed by atoms with Crippen molar-refractivity contribution < 1.29 is 18.0 Å². The molecule has 33 heavy (non-hydrogen) atoms. The summed E-state index contributed by atoms with van der Waals surface area (Å²) in [6.45, 7) is 4.98. The van der Waals surface area contributed by atoms with Crippen LogP contribution in [-0.2, 0) is 12.7 Å². The van der Waals surface area contributed by atoms with Gasteiger partial charge in [-0.1, -0.05) is 36.8 Å². The van der Waals surface area contributed by atoms with Gasteiger partial charge in [-0.25, -0.2) is 4.79 Å².